The monoisotopic (exact) mass is 387 g/mol. The van der Waals surface area contributed by atoms with Crippen LogP contribution in [0.4, 0.5) is 5.69 Å². The second-order valence-electron chi connectivity index (χ2n) is 7.07. The van der Waals surface area contributed by atoms with E-state index in [-0.39, 0.29) is 18.4 Å². The van der Waals surface area contributed by atoms with Crippen LogP contribution in [0, 0.1) is 5.92 Å². The third-order valence-corrected chi connectivity index (χ3v) is 5.11. The van der Waals surface area contributed by atoms with Gasteiger partial charge in [-0.2, -0.15) is 0 Å². The number of ether oxygens (including phenoxy) is 2. The van der Waals surface area contributed by atoms with Crippen LogP contribution >= 0.6 is 0 Å². The highest BCUT2D eigenvalue weighted by Gasteiger charge is 2.61. The molecule has 8 heteroatoms. The van der Waals surface area contributed by atoms with E-state index in [1.807, 2.05) is 0 Å². The van der Waals surface area contributed by atoms with E-state index in [9.17, 15) is 14.4 Å². The van der Waals surface area contributed by atoms with Crippen molar-refractivity contribution in [3.8, 4) is 0 Å². The summed E-state index contributed by atoms with van der Waals surface area (Å²) in [6.07, 6.45) is 2.01. The Labute approximate surface area is 163 Å². The zero-order chi connectivity index (χ0) is 20.3. The van der Waals surface area contributed by atoms with E-state index in [0.717, 1.165) is 0 Å². The van der Waals surface area contributed by atoms with Crippen molar-refractivity contribution in [3.05, 3.63) is 42.5 Å². The molecule has 0 aromatic heterocycles. The van der Waals surface area contributed by atoms with Gasteiger partial charge in [0.05, 0.1) is 18.2 Å². The first-order valence-electron chi connectivity index (χ1n) is 9.31. The molecule has 4 atom stereocenters. The Hall–Kier alpha value is -2.87. The number of amides is 1. The number of anilines is 1. The average molecular weight is 387 g/mol. The maximum absolute atomic E-state index is 12.6. The molecule has 1 heterocycles. The summed E-state index contributed by atoms with van der Waals surface area (Å²) < 4.78 is 10.6. The number of carbonyl (C=O) groups excluding carboxylic acids is 3. The number of benzene rings is 1. The molecule has 8 nitrogen and oxygen atoms in total. The van der Waals surface area contributed by atoms with Crippen LogP contribution in [-0.4, -0.2) is 48.7 Å². The van der Waals surface area contributed by atoms with E-state index in [1.54, 1.807) is 37.3 Å². The van der Waals surface area contributed by atoms with Crippen LogP contribution in [0.5, 0.6) is 0 Å². The molecule has 3 rings (SSSR count). The molecule has 2 aliphatic rings. The molecule has 0 spiro atoms. The number of hydrogen-bond donors (Lipinski definition) is 3. The summed E-state index contributed by atoms with van der Waals surface area (Å²) in [5.74, 6) is -1.37. The summed E-state index contributed by atoms with van der Waals surface area (Å²) in [4.78, 5) is 37.1. The van der Waals surface area contributed by atoms with Gasteiger partial charge < -0.3 is 25.8 Å². The molecule has 0 unspecified atom stereocenters. The van der Waals surface area contributed by atoms with Crippen LogP contribution in [0.1, 0.15) is 30.1 Å². The maximum Gasteiger partial charge on any atom is 0.338 e. The van der Waals surface area contributed by atoms with E-state index in [1.165, 1.54) is 0 Å². The average Bonchev–Trinajstić information content (AvgIpc) is 3.19. The van der Waals surface area contributed by atoms with E-state index in [0.29, 0.717) is 30.6 Å². The van der Waals surface area contributed by atoms with E-state index >= 15 is 0 Å². The minimum Gasteiger partial charge on any atom is -0.464 e. The molecule has 1 saturated carbocycles. The number of rotatable bonds is 7. The fourth-order valence-electron chi connectivity index (χ4n) is 3.40. The van der Waals surface area contributed by atoms with Crippen LogP contribution < -0.4 is 16.4 Å². The number of hydrogen-bond acceptors (Lipinski definition) is 7. The summed E-state index contributed by atoms with van der Waals surface area (Å²) in [5, 5.41) is 5.84. The van der Waals surface area contributed by atoms with Gasteiger partial charge in [-0.05, 0) is 37.6 Å². The summed E-state index contributed by atoms with van der Waals surface area (Å²) >= 11 is 0. The lowest BCUT2D eigenvalue weighted by Crippen LogP contribution is -2.51. The molecule has 1 aromatic carbocycles. The molecule has 1 saturated heterocycles. The normalized spacial score (nSPS) is 28.2. The van der Waals surface area contributed by atoms with Crippen molar-refractivity contribution in [3.63, 3.8) is 0 Å². The number of carbonyl (C=O) groups is 3. The number of nitrogens with one attached hydrogen (secondary N) is 2. The predicted molar refractivity (Wildman–Crippen MR) is 102 cm³/mol. The minimum absolute atomic E-state index is 0.143. The molecule has 2 fully saturated rings. The Balaban J connectivity index is 1.55. The first-order chi connectivity index (χ1) is 13.4. The molecule has 0 bridgehead atoms. The second-order valence-corrected chi connectivity index (χ2v) is 7.07. The molecular weight excluding hydrogens is 362 g/mol. The molecule has 28 heavy (non-hydrogen) atoms. The highest BCUT2D eigenvalue weighted by atomic mass is 16.5. The van der Waals surface area contributed by atoms with Gasteiger partial charge >= 0.3 is 11.9 Å². The number of esters is 2. The number of nitrogen functional groups attached to an aromatic ring is 1. The van der Waals surface area contributed by atoms with Crippen molar-refractivity contribution in [2.45, 2.75) is 37.5 Å². The van der Waals surface area contributed by atoms with E-state index < -0.39 is 29.6 Å². The molecule has 1 aromatic rings. The first-order valence-corrected chi connectivity index (χ1v) is 9.31. The van der Waals surface area contributed by atoms with Crippen molar-refractivity contribution in [1.82, 2.24) is 10.6 Å². The zero-order valence-electron chi connectivity index (χ0n) is 15.8. The van der Waals surface area contributed by atoms with Gasteiger partial charge in [0.25, 0.3) is 0 Å². The molecule has 4 N–H and O–H groups in total. The van der Waals surface area contributed by atoms with Gasteiger partial charge in [-0.3, -0.25) is 4.79 Å². The minimum atomic E-state index is -1.03. The molecule has 1 aliphatic heterocycles. The van der Waals surface area contributed by atoms with Gasteiger partial charge in [-0.15, -0.1) is 6.58 Å². The lowest BCUT2D eigenvalue weighted by molar-refractivity contribution is -0.149. The van der Waals surface area contributed by atoms with Gasteiger partial charge in [0.1, 0.15) is 11.6 Å². The molecule has 0 radical (unpaired) electrons. The Morgan fingerprint density at radius 1 is 1.36 bits per heavy atom. The fraction of sp³-hybridized carbons (Fsp3) is 0.450. The van der Waals surface area contributed by atoms with Gasteiger partial charge in [0.15, 0.2) is 0 Å². The topological polar surface area (TPSA) is 120 Å². The van der Waals surface area contributed by atoms with Crippen molar-refractivity contribution < 1.29 is 23.9 Å². The standard InChI is InChI=1S/C20H25N3O5/c1-3-13-10-20(13,19(26)27-4-2)23-17(24)16-9-15(11-22-16)28-18(25)12-5-7-14(21)8-6-12/h3,5-8,13,15-16,22H,1,4,9-11,21H2,2H3,(H,23,24)/t13-,15+,16+,20-/m1/s1. The zero-order valence-corrected chi connectivity index (χ0v) is 15.8. The largest absolute Gasteiger partial charge is 0.464 e. The van der Waals surface area contributed by atoms with Crippen LogP contribution in [-0.2, 0) is 19.1 Å². The predicted octanol–water partition coefficient (Wildman–Crippen LogP) is 0.780. The third kappa shape index (κ3) is 4.01. The highest BCUT2D eigenvalue weighted by molar-refractivity contribution is 5.94. The molecule has 150 valence electrons. The smallest absolute Gasteiger partial charge is 0.338 e. The van der Waals surface area contributed by atoms with Crippen molar-refractivity contribution in [2.24, 2.45) is 5.92 Å². The third-order valence-electron chi connectivity index (χ3n) is 5.11. The van der Waals surface area contributed by atoms with Crippen molar-refractivity contribution in [1.29, 1.82) is 0 Å². The lowest BCUT2D eigenvalue weighted by Gasteiger charge is -2.20. The van der Waals surface area contributed by atoms with Crippen molar-refractivity contribution >= 4 is 23.5 Å². The quantitative estimate of drug-likeness (QED) is 0.359. The van der Waals surface area contributed by atoms with Crippen LogP contribution in [0.15, 0.2) is 36.9 Å². The molecular formula is C20H25N3O5. The Morgan fingerprint density at radius 3 is 2.68 bits per heavy atom. The Kier molecular flexibility index (Phi) is 5.69. The fourth-order valence-corrected chi connectivity index (χ4v) is 3.40. The van der Waals surface area contributed by atoms with Gasteiger partial charge in [-0.25, -0.2) is 9.59 Å². The molecule has 1 amide bonds. The molecule has 1 aliphatic carbocycles. The van der Waals surface area contributed by atoms with Gasteiger partial charge in [0.2, 0.25) is 5.91 Å². The summed E-state index contributed by atoms with van der Waals surface area (Å²) in [6, 6.07) is 5.88. The Morgan fingerprint density at radius 2 is 2.07 bits per heavy atom. The summed E-state index contributed by atoms with van der Waals surface area (Å²) in [5.41, 5.74) is 5.54. The summed E-state index contributed by atoms with van der Waals surface area (Å²) in [7, 11) is 0. The van der Waals surface area contributed by atoms with Crippen LogP contribution in [0.2, 0.25) is 0 Å². The second kappa shape index (κ2) is 8.02. The van der Waals surface area contributed by atoms with Gasteiger partial charge in [-0.1, -0.05) is 6.08 Å². The first kappa shape index (κ1) is 19.9. The SMILES string of the molecule is C=C[C@@H]1C[C@]1(NC(=O)[C@@H]1C[C@H](OC(=O)c2ccc(N)cc2)CN1)C(=O)OCC. The van der Waals surface area contributed by atoms with Gasteiger partial charge in [0, 0.05) is 24.6 Å². The van der Waals surface area contributed by atoms with Crippen molar-refractivity contribution in [2.75, 3.05) is 18.9 Å². The van der Waals surface area contributed by atoms with Crippen LogP contribution in [0.25, 0.3) is 0 Å². The maximum atomic E-state index is 12.6. The number of nitrogens with two attached hydrogens (primary N) is 1. The highest BCUT2D eigenvalue weighted by Crippen LogP contribution is 2.45. The van der Waals surface area contributed by atoms with Crippen LogP contribution in [0.3, 0.4) is 0 Å². The summed E-state index contributed by atoms with van der Waals surface area (Å²) in [6.45, 7) is 6.02. The Bertz CT molecular complexity index is 779. The van der Waals surface area contributed by atoms with E-state index in [2.05, 4.69) is 17.2 Å². The van der Waals surface area contributed by atoms with E-state index in [4.69, 9.17) is 15.2 Å². The lowest BCUT2D eigenvalue weighted by atomic mass is 10.1.